The molecule has 11 heteroatoms. The zero-order valence-corrected chi connectivity index (χ0v) is 21.3. The number of carboxylic acid groups (broad SMARTS) is 1. The molecule has 4 rings (SSSR count). The lowest BCUT2D eigenvalue weighted by atomic mass is 10.0. The first-order valence-corrected chi connectivity index (χ1v) is 12.1. The Morgan fingerprint density at radius 3 is 2.26 bits per heavy atom. The first-order chi connectivity index (χ1) is 18.2. The number of hydrogen-bond donors (Lipinski definition) is 3. The van der Waals surface area contributed by atoms with Crippen LogP contribution in [-0.2, 0) is 17.9 Å². The third kappa shape index (κ3) is 9.00. The molecule has 0 amide bonds. The van der Waals surface area contributed by atoms with E-state index < -0.39 is 12.1 Å². The third-order valence-electron chi connectivity index (χ3n) is 6.10. The van der Waals surface area contributed by atoms with E-state index in [1.54, 1.807) is 7.11 Å². The number of carboxylic acids is 1. The number of carbonyl (C=O) groups is 1. The van der Waals surface area contributed by atoms with Gasteiger partial charge in [-0.05, 0) is 56.2 Å². The van der Waals surface area contributed by atoms with Gasteiger partial charge in [0.1, 0.15) is 5.75 Å². The number of aromatic nitrogens is 2. The van der Waals surface area contributed by atoms with Crippen molar-refractivity contribution in [2.75, 3.05) is 32.6 Å². The topological polar surface area (TPSA) is 99.6 Å². The summed E-state index contributed by atoms with van der Waals surface area (Å²) >= 11 is 0. The van der Waals surface area contributed by atoms with E-state index in [2.05, 4.69) is 56.8 Å². The predicted octanol–water partition coefficient (Wildman–Crippen LogP) is 4.58. The van der Waals surface area contributed by atoms with Gasteiger partial charge in [0.05, 0.1) is 7.11 Å². The molecule has 0 spiro atoms. The summed E-state index contributed by atoms with van der Waals surface area (Å²) in [6.07, 6.45) is 1.03. The molecule has 1 aromatic heterocycles. The van der Waals surface area contributed by atoms with E-state index >= 15 is 0 Å². The third-order valence-corrected chi connectivity index (χ3v) is 6.10. The summed E-state index contributed by atoms with van der Waals surface area (Å²) in [6.45, 7) is 3.80. The summed E-state index contributed by atoms with van der Waals surface area (Å²) in [4.78, 5) is 20.3. The van der Waals surface area contributed by atoms with Crippen molar-refractivity contribution in [3.63, 3.8) is 0 Å². The molecule has 3 N–H and O–H groups in total. The van der Waals surface area contributed by atoms with Crippen LogP contribution in [0.1, 0.15) is 24.0 Å². The van der Waals surface area contributed by atoms with E-state index in [-0.39, 0.29) is 0 Å². The second kappa shape index (κ2) is 13.7. The molecule has 1 fully saturated rings. The molecule has 0 radical (unpaired) electrons. The summed E-state index contributed by atoms with van der Waals surface area (Å²) in [5.74, 6) is -1.22. The molecule has 2 heterocycles. The SMILES string of the molecule is COc1ccc(-c2cnc(NCc3ccccc3)nc2)cc1CNC1CCN(C)CC1.O=C(O)C(F)(F)F. The maximum Gasteiger partial charge on any atom is 0.490 e. The zero-order chi connectivity index (χ0) is 27.5. The van der Waals surface area contributed by atoms with Gasteiger partial charge in [0.15, 0.2) is 0 Å². The molecular formula is C27H32F3N5O3. The number of anilines is 1. The van der Waals surface area contributed by atoms with Crippen molar-refractivity contribution in [1.82, 2.24) is 20.2 Å². The van der Waals surface area contributed by atoms with Crippen LogP contribution in [0.5, 0.6) is 5.75 Å². The molecule has 204 valence electrons. The maximum absolute atomic E-state index is 10.6. The van der Waals surface area contributed by atoms with Crippen LogP contribution < -0.4 is 15.4 Å². The Hall–Kier alpha value is -3.70. The normalized spacial score (nSPS) is 14.3. The number of ether oxygens (including phenoxy) is 1. The summed E-state index contributed by atoms with van der Waals surface area (Å²) < 4.78 is 37.3. The number of alkyl halides is 3. The Labute approximate surface area is 219 Å². The minimum absolute atomic E-state index is 0.558. The summed E-state index contributed by atoms with van der Waals surface area (Å²) in [5.41, 5.74) is 4.45. The van der Waals surface area contributed by atoms with Crippen molar-refractivity contribution in [2.24, 2.45) is 0 Å². The van der Waals surface area contributed by atoms with Crippen LogP contribution in [0.3, 0.4) is 0 Å². The Bertz CT molecular complexity index is 1150. The Kier molecular flexibility index (Phi) is 10.4. The molecule has 0 aliphatic carbocycles. The van der Waals surface area contributed by atoms with Gasteiger partial charge in [-0.25, -0.2) is 14.8 Å². The van der Waals surface area contributed by atoms with Crippen LogP contribution in [0.15, 0.2) is 60.9 Å². The lowest BCUT2D eigenvalue weighted by Gasteiger charge is -2.29. The predicted molar refractivity (Wildman–Crippen MR) is 139 cm³/mol. The second-order valence-corrected chi connectivity index (χ2v) is 8.92. The molecule has 0 bridgehead atoms. The van der Waals surface area contributed by atoms with Crippen LogP contribution >= 0.6 is 0 Å². The van der Waals surface area contributed by atoms with Gasteiger partial charge in [-0.3, -0.25) is 0 Å². The fourth-order valence-corrected chi connectivity index (χ4v) is 3.91. The van der Waals surface area contributed by atoms with Crippen molar-refractivity contribution in [3.05, 3.63) is 72.1 Å². The van der Waals surface area contributed by atoms with Gasteiger partial charge in [0.2, 0.25) is 5.95 Å². The Balaban J connectivity index is 0.000000505. The van der Waals surface area contributed by atoms with Crippen LogP contribution in [-0.4, -0.2) is 65.4 Å². The second-order valence-electron chi connectivity index (χ2n) is 8.92. The molecule has 1 aliphatic heterocycles. The van der Waals surface area contributed by atoms with Crippen molar-refractivity contribution >= 4 is 11.9 Å². The minimum Gasteiger partial charge on any atom is -0.496 e. The molecule has 0 saturated carbocycles. The van der Waals surface area contributed by atoms with E-state index in [0.717, 1.165) is 42.1 Å². The number of nitrogens with zero attached hydrogens (tertiary/aromatic N) is 3. The lowest BCUT2D eigenvalue weighted by molar-refractivity contribution is -0.192. The summed E-state index contributed by atoms with van der Waals surface area (Å²) in [7, 11) is 3.91. The maximum atomic E-state index is 10.6. The zero-order valence-electron chi connectivity index (χ0n) is 21.3. The quantitative estimate of drug-likeness (QED) is 0.389. The van der Waals surface area contributed by atoms with Crippen molar-refractivity contribution in [2.45, 2.75) is 38.1 Å². The van der Waals surface area contributed by atoms with Crippen molar-refractivity contribution in [3.8, 4) is 16.9 Å². The van der Waals surface area contributed by atoms with Crippen molar-refractivity contribution in [1.29, 1.82) is 0 Å². The highest BCUT2D eigenvalue weighted by molar-refractivity contribution is 5.73. The average molecular weight is 532 g/mol. The Morgan fingerprint density at radius 2 is 1.68 bits per heavy atom. The number of hydrogen-bond acceptors (Lipinski definition) is 7. The van der Waals surface area contributed by atoms with Gasteiger partial charge in [0.25, 0.3) is 0 Å². The van der Waals surface area contributed by atoms with Gasteiger partial charge in [0, 0.05) is 42.7 Å². The fourth-order valence-electron chi connectivity index (χ4n) is 3.91. The number of methoxy groups -OCH3 is 1. The van der Waals surface area contributed by atoms with E-state index in [9.17, 15) is 13.2 Å². The highest BCUT2D eigenvalue weighted by Crippen LogP contribution is 2.27. The lowest BCUT2D eigenvalue weighted by Crippen LogP contribution is -2.40. The molecular weight excluding hydrogens is 499 g/mol. The molecule has 1 saturated heterocycles. The van der Waals surface area contributed by atoms with Crippen LogP contribution in [0, 0.1) is 0 Å². The molecule has 0 unspecified atom stereocenters. The van der Waals surface area contributed by atoms with E-state index in [1.165, 1.54) is 18.4 Å². The number of benzene rings is 2. The number of halogens is 3. The number of aliphatic carboxylic acids is 1. The first kappa shape index (κ1) is 28.9. The minimum atomic E-state index is -5.08. The van der Waals surface area contributed by atoms with E-state index in [1.807, 2.05) is 36.7 Å². The summed E-state index contributed by atoms with van der Waals surface area (Å²) in [6, 6.07) is 17.1. The molecule has 0 atom stereocenters. The molecule has 1 aliphatic rings. The highest BCUT2D eigenvalue weighted by atomic mass is 19.4. The Morgan fingerprint density at radius 1 is 1.05 bits per heavy atom. The highest BCUT2D eigenvalue weighted by Gasteiger charge is 2.38. The molecule has 2 aromatic carbocycles. The number of rotatable bonds is 8. The summed E-state index contributed by atoms with van der Waals surface area (Å²) in [5, 5.41) is 14.1. The number of nitrogens with one attached hydrogen (secondary N) is 2. The van der Waals surface area contributed by atoms with E-state index in [0.29, 0.717) is 18.5 Å². The van der Waals surface area contributed by atoms with Crippen LogP contribution in [0.25, 0.3) is 11.1 Å². The van der Waals surface area contributed by atoms with Gasteiger partial charge >= 0.3 is 12.1 Å². The van der Waals surface area contributed by atoms with Gasteiger partial charge in [-0.1, -0.05) is 36.4 Å². The molecule has 3 aromatic rings. The van der Waals surface area contributed by atoms with Gasteiger partial charge in [-0.2, -0.15) is 13.2 Å². The standard InChI is InChI=1S/C25H31N5O.C2HF3O2/c1-30-12-10-23(11-13-30)26-16-21-14-20(8-9-24(21)31-2)22-17-28-25(29-18-22)27-15-19-6-4-3-5-7-19;3-2(4,5)1(6)7/h3-9,14,17-18,23,26H,10-13,15-16H2,1-2H3,(H,27,28,29);(H,6,7). The molecule has 38 heavy (non-hydrogen) atoms. The first-order valence-electron chi connectivity index (χ1n) is 12.1. The molecule has 8 nitrogen and oxygen atoms in total. The van der Waals surface area contributed by atoms with Crippen LogP contribution in [0.4, 0.5) is 19.1 Å². The number of piperidine rings is 1. The smallest absolute Gasteiger partial charge is 0.490 e. The monoisotopic (exact) mass is 531 g/mol. The number of likely N-dealkylation sites (tertiary alicyclic amines) is 1. The van der Waals surface area contributed by atoms with Gasteiger partial charge < -0.3 is 25.4 Å². The van der Waals surface area contributed by atoms with Crippen molar-refractivity contribution < 1.29 is 27.8 Å². The fraction of sp³-hybridized carbons (Fsp3) is 0.370. The van der Waals surface area contributed by atoms with Gasteiger partial charge in [-0.15, -0.1) is 0 Å². The van der Waals surface area contributed by atoms with Crippen LogP contribution in [0.2, 0.25) is 0 Å². The average Bonchev–Trinajstić information content (AvgIpc) is 2.92. The van der Waals surface area contributed by atoms with E-state index in [4.69, 9.17) is 14.6 Å². The largest absolute Gasteiger partial charge is 0.496 e.